The molecule has 2 heterocycles. The summed E-state index contributed by atoms with van der Waals surface area (Å²) in [6.45, 7) is 0. The molecule has 3 aromatic rings. The molecule has 0 amide bonds. The summed E-state index contributed by atoms with van der Waals surface area (Å²) >= 11 is 5.99. The van der Waals surface area contributed by atoms with Crippen molar-refractivity contribution in [3.63, 3.8) is 0 Å². The number of halogens is 1. The van der Waals surface area contributed by atoms with Crippen LogP contribution in [0.25, 0.3) is 5.70 Å². The Bertz CT molecular complexity index is 821. The standard InChI is InChI=1S/C17H13ClN4/c18-14-8-6-13(7-9-14)16-10-15(12-4-2-1-3-5-12)21-17-19-11-20-22(16)17/h1-11,16H,(H,19,20,21)/t16-/m0/s1. The molecule has 0 radical (unpaired) electrons. The van der Waals surface area contributed by atoms with Crippen molar-refractivity contribution in [2.24, 2.45) is 0 Å². The highest BCUT2D eigenvalue weighted by Crippen LogP contribution is 2.32. The van der Waals surface area contributed by atoms with Crippen LogP contribution in [-0.4, -0.2) is 14.8 Å². The second-order valence-electron chi connectivity index (χ2n) is 5.10. The van der Waals surface area contributed by atoms with E-state index in [4.69, 9.17) is 11.6 Å². The molecule has 1 aromatic heterocycles. The number of aromatic nitrogens is 3. The molecule has 108 valence electrons. The molecule has 4 nitrogen and oxygen atoms in total. The Morgan fingerprint density at radius 2 is 1.77 bits per heavy atom. The number of hydrogen-bond acceptors (Lipinski definition) is 3. The highest BCUT2D eigenvalue weighted by Gasteiger charge is 2.23. The molecule has 4 rings (SSSR count). The Hall–Kier alpha value is -2.59. The van der Waals surface area contributed by atoms with Gasteiger partial charge in [0.1, 0.15) is 12.4 Å². The van der Waals surface area contributed by atoms with Gasteiger partial charge in [0.15, 0.2) is 0 Å². The van der Waals surface area contributed by atoms with Crippen LogP contribution in [0.2, 0.25) is 5.02 Å². The van der Waals surface area contributed by atoms with Crippen molar-refractivity contribution < 1.29 is 0 Å². The van der Waals surface area contributed by atoms with Crippen molar-refractivity contribution in [1.29, 1.82) is 0 Å². The van der Waals surface area contributed by atoms with E-state index in [9.17, 15) is 0 Å². The molecule has 1 N–H and O–H groups in total. The third-order valence-corrected chi connectivity index (χ3v) is 3.96. The Labute approximate surface area is 133 Å². The minimum Gasteiger partial charge on any atom is -0.324 e. The molecular weight excluding hydrogens is 296 g/mol. The van der Waals surface area contributed by atoms with Crippen molar-refractivity contribution in [3.8, 4) is 0 Å². The molecule has 0 spiro atoms. The lowest BCUT2D eigenvalue weighted by molar-refractivity contribution is 0.612. The lowest BCUT2D eigenvalue weighted by Crippen LogP contribution is -2.20. The summed E-state index contributed by atoms with van der Waals surface area (Å²) in [6, 6.07) is 18.0. The molecule has 1 atom stereocenters. The molecule has 1 aliphatic rings. The van der Waals surface area contributed by atoms with Gasteiger partial charge < -0.3 is 5.32 Å². The average Bonchev–Trinajstić information content (AvgIpc) is 3.04. The van der Waals surface area contributed by atoms with E-state index in [1.54, 1.807) is 6.33 Å². The van der Waals surface area contributed by atoms with Crippen molar-refractivity contribution in [2.75, 3.05) is 5.32 Å². The van der Waals surface area contributed by atoms with Crippen molar-refractivity contribution in [1.82, 2.24) is 14.8 Å². The van der Waals surface area contributed by atoms with Crippen LogP contribution in [0.4, 0.5) is 5.95 Å². The maximum absolute atomic E-state index is 5.99. The topological polar surface area (TPSA) is 42.7 Å². The van der Waals surface area contributed by atoms with E-state index in [1.807, 2.05) is 47.1 Å². The van der Waals surface area contributed by atoms with Gasteiger partial charge in [-0.1, -0.05) is 54.1 Å². The predicted molar refractivity (Wildman–Crippen MR) is 87.7 cm³/mol. The van der Waals surface area contributed by atoms with Crippen LogP contribution in [-0.2, 0) is 0 Å². The third-order valence-electron chi connectivity index (χ3n) is 3.70. The normalized spacial score (nSPS) is 16.6. The van der Waals surface area contributed by atoms with Crippen LogP contribution >= 0.6 is 11.6 Å². The molecule has 0 fully saturated rings. The summed E-state index contributed by atoms with van der Waals surface area (Å²) in [5.41, 5.74) is 3.27. The van der Waals surface area contributed by atoms with E-state index < -0.39 is 0 Å². The van der Waals surface area contributed by atoms with Crippen molar-refractivity contribution >= 4 is 23.2 Å². The highest BCUT2D eigenvalue weighted by atomic mass is 35.5. The first-order chi connectivity index (χ1) is 10.8. The smallest absolute Gasteiger partial charge is 0.226 e. The van der Waals surface area contributed by atoms with Crippen LogP contribution < -0.4 is 5.32 Å². The first kappa shape index (κ1) is 13.1. The number of fused-ring (bicyclic) bond motifs is 1. The van der Waals surface area contributed by atoms with E-state index in [-0.39, 0.29) is 6.04 Å². The van der Waals surface area contributed by atoms with Gasteiger partial charge in [0.05, 0.1) is 0 Å². The van der Waals surface area contributed by atoms with Crippen LogP contribution in [0.1, 0.15) is 17.2 Å². The second-order valence-corrected chi connectivity index (χ2v) is 5.53. The third kappa shape index (κ3) is 2.27. The minimum absolute atomic E-state index is 0.00813. The fourth-order valence-electron chi connectivity index (χ4n) is 2.62. The average molecular weight is 309 g/mol. The fraction of sp³-hybridized carbons (Fsp3) is 0.0588. The molecular formula is C17H13ClN4. The molecule has 0 saturated carbocycles. The van der Waals surface area contributed by atoms with Crippen molar-refractivity contribution in [3.05, 3.63) is 83.2 Å². The highest BCUT2D eigenvalue weighted by molar-refractivity contribution is 6.30. The first-order valence-corrected chi connectivity index (χ1v) is 7.38. The maximum Gasteiger partial charge on any atom is 0.226 e. The molecule has 0 bridgehead atoms. The number of nitrogens with one attached hydrogen (secondary N) is 1. The summed E-state index contributed by atoms with van der Waals surface area (Å²) in [5, 5.41) is 8.39. The number of hydrogen-bond donors (Lipinski definition) is 1. The number of benzene rings is 2. The first-order valence-electron chi connectivity index (χ1n) is 7.00. The van der Waals surface area contributed by atoms with Gasteiger partial charge >= 0.3 is 0 Å². The number of allylic oxidation sites excluding steroid dienone is 1. The van der Waals surface area contributed by atoms with E-state index >= 15 is 0 Å². The second kappa shape index (κ2) is 5.31. The van der Waals surface area contributed by atoms with E-state index in [0.29, 0.717) is 0 Å². The Balaban J connectivity index is 1.81. The summed E-state index contributed by atoms with van der Waals surface area (Å²) < 4.78 is 1.87. The van der Waals surface area contributed by atoms with Gasteiger partial charge in [-0.15, -0.1) is 0 Å². The Morgan fingerprint density at radius 3 is 2.55 bits per heavy atom. The van der Waals surface area contributed by atoms with Gasteiger partial charge in [-0.25, -0.2) is 4.68 Å². The lowest BCUT2D eigenvalue weighted by atomic mass is 10.0. The molecule has 0 unspecified atom stereocenters. The van der Waals surface area contributed by atoms with Crippen molar-refractivity contribution in [2.45, 2.75) is 6.04 Å². The van der Waals surface area contributed by atoms with Gasteiger partial charge in [-0.05, 0) is 29.3 Å². The summed E-state index contributed by atoms with van der Waals surface area (Å²) in [4.78, 5) is 4.30. The summed E-state index contributed by atoms with van der Waals surface area (Å²) in [6.07, 6.45) is 3.72. The van der Waals surface area contributed by atoms with Crippen LogP contribution in [0, 0.1) is 0 Å². The fourth-order valence-corrected chi connectivity index (χ4v) is 2.74. The van der Waals surface area contributed by atoms with E-state index in [1.165, 1.54) is 0 Å². The maximum atomic E-state index is 5.99. The van der Waals surface area contributed by atoms with Crippen LogP contribution in [0.3, 0.4) is 0 Å². The minimum atomic E-state index is -0.00813. The van der Waals surface area contributed by atoms with Crippen LogP contribution in [0.5, 0.6) is 0 Å². The zero-order valence-corrected chi connectivity index (χ0v) is 12.4. The molecule has 5 heteroatoms. The predicted octanol–water partition coefficient (Wildman–Crippen LogP) is 3.99. The number of rotatable bonds is 2. The van der Waals surface area contributed by atoms with Gasteiger partial charge in [-0.2, -0.15) is 10.1 Å². The SMILES string of the molecule is Clc1ccc([C@@H]2C=C(c3ccccc3)Nc3ncnn32)cc1. The van der Waals surface area contributed by atoms with E-state index in [0.717, 1.165) is 27.8 Å². The zero-order valence-electron chi connectivity index (χ0n) is 11.6. The van der Waals surface area contributed by atoms with E-state index in [2.05, 4.69) is 33.6 Å². The molecule has 1 aliphatic heterocycles. The molecule has 0 aliphatic carbocycles. The van der Waals surface area contributed by atoms with Crippen LogP contribution in [0.15, 0.2) is 67.0 Å². The monoisotopic (exact) mass is 308 g/mol. The number of anilines is 1. The molecule has 0 saturated heterocycles. The van der Waals surface area contributed by atoms with Gasteiger partial charge in [-0.3, -0.25) is 0 Å². The van der Waals surface area contributed by atoms with Gasteiger partial charge in [0.25, 0.3) is 0 Å². The summed E-state index contributed by atoms with van der Waals surface area (Å²) in [5.74, 6) is 0.737. The summed E-state index contributed by atoms with van der Waals surface area (Å²) in [7, 11) is 0. The lowest BCUT2D eigenvalue weighted by Gasteiger charge is -2.24. The largest absolute Gasteiger partial charge is 0.324 e. The molecule has 22 heavy (non-hydrogen) atoms. The number of nitrogens with zero attached hydrogens (tertiary/aromatic N) is 3. The molecule has 2 aromatic carbocycles. The Morgan fingerprint density at radius 1 is 1.00 bits per heavy atom. The quantitative estimate of drug-likeness (QED) is 0.778. The van der Waals surface area contributed by atoms with Gasteiger partial charge in [0, 0.05) is 10.7 Å². The Kier molecular flexibility index (Phi) is 3.16. The zero-order chi connectivity index (χ0) is 14.9. The van der Waals surface area contributed by atoms with Gasteiger partial charge in [0.2, 0.25) is 5.95 Å².